The predicted molar refractivity (Wildman–Crippen MR) is 77.4 cm³/mol. The zero-order valence-corrected chi connectivity index (χ0v) is 12.3. The molecule has 0 bridgehead atoms. The fourth-order valence-electron chi connectivity index (χ4n) is 1.56. The van der Waals surface area contributed by atoms with Gasteiger partial charge in [-0.2, -0.15) is 0 Å². The number of benzene rings is 1. The molecule has 0 aromatic heterocycles. The molecule has 0 radical (unpaired) electrons. The number of hydrogen-bond acceptors (Lipinski definition) is 6. The number of nitrogens with one attached hydrogen (secondary N) is 1. The topological polar surface area (TPSA) is 107 Å². The van der Waals surface area contributed by atoms with Crippen LogP contribution >= 0.6 is 11.8 Å². The molecule has 1 aromatic rings. The second kappa shape index (κ2) is 7.11. The SMILES string of the molecule is COc1cc([N+](=O)[O-])c(C(=O)N[C@@H](C)CN)cc1SC. The lowest BCUT2D eigenvalue weighted by molar-refractivity contribution is -0.385. The van der Waals surface area contributed by atoms with Crippen LogP contribution in [0, 0.1) is 10.1 Å². The summed E-state index contributed by atoms with van der Waals surface area (Å²) in [4.78, 5) is 23.2. The van der Waals surface area contributed by atoms with Crippen LogP contribution in [-0.2, 0) is 0 Å². The van der Waals surface area contributed by atoms with Gasteiger partial charge in [0.15, 0.2) is 0 Å². The molecule has 7 nitrogen and oxygen atoms in total. The van der Waals surface area contributed by atoms with Crippen LogP contribution in [0.3, 0.4) is 0 Å². The van der Waals surface area contributed by atoms with Gasteiger partial charge >= 0.3 is 0 Å². The second-order valence-corrected chi connectivity index (χ2v) is 4.94. The summed E-state index contributed by atoms with van der Waals surface area (Å²) in [6.07, 6.45) is 1.80. The van der Waals surface area contributed by atoms with E-state index in [0.717, 1.165) is 0 Å². The van der Waals surface area contributed by atoms with Gasteiger partial charge in [-0.3, -0.25) is 14.9 Å². The highest BCUT2D eigenvalue weighted by atomic mass is 32.2. The van der Waals surface area contributed by atoms with Gasteiger partial charge < -0.3 is 15.8 Å². The maximum Gasteiger partial charge on any atom is 0.285 e. The van der Waals surface area contributed by atoms with Crippen LogP contribution in [0.1, 0.15) is 17.3 Å². The minimum Gasteiger partial charge on any atom is -0.495 e. The number of amides is 1. The van der Waals surface area contributed by atoms with Gasteiger partial charge in [-0.05, 0) is 19.2 Å². The lowest BCUT2D eigenvalue weighted by Crippen LogP contribution is -2.38. The molecular weight excluding hydrogens is 282 g/mol. The van der Waals surface area contributed by atoms with E-state index < -0.39 is 10.8 Å². The molecule has 8 heteroatoms. The number of carbonyl (C=O) groups excluding carboxylic acids is 1. The van der Waals surface area contributed by atoms with Crippen LogP contribution in [0.25, 0.3) is 0 Å². The fourth-order valence-corrected chi connectivity index (χ4v) is 2.14. The molecule has 1 atom stereocenters. The molecule has 0 aliphatic heterocycles. The number of rotatable bonds is 6. The Morgan fingerprint density at radius 2 is 2.25 bits per heavy atom. The molecule has 0 unspecified atom stereocenters. The molecule has 20 heavy (non-hydrogen) atoms. The summed E-state index contributed by atoms with van der Waals surface area (Å²) in [5.41, 5.74) is 5.14. The number of thioether (sulfide) groups is 1. The monoisotopic (exact) mass is 299 g/mol. The fraction of sp³-hybridized carbons (Fsp3) is 0.417. The Bertz CT molecular complexity index is 522. The Hall–Kier alpha value is -1.80. The summed E-state index contributed by atoms with van der Waals surface area (Å²) in [6.45, 7) is 1.98. The van der Waals surface area contributed by atoms with Gasteiger partial charge in [0, 0.05) is 12.6 Å². The third-order valence-electron chi connectivity index (χ3n) is 2.67. The minimum absolute atomic E-state index is 0.000417. The molecule has 0 saturated carbocycles. The first kappa shape index (κ1) is 16.3. The Kier molecular flexibility index (Phi) is 5.78. The molecule has 1 aromatic carbocycles. The zero-order chi connectivity index (χ0) is 15.3. The number of nitro groups is 1. The molecule has 0 aliphatic rings. The van der Waals surface area contributed by atoms with E-state index in [0.29, 0.717) is 10.6 Å². The van der Waals surface area contributed by atoms with Gasteiger partial charge in [-0.1, -0.05) is 0 Å². The quantitative estimate of drug-likeness (QED) is 0.467. The number of nitro benzene ring substituents is 1. The van der Waals surface area contributed by atoms with Crippen molar-refractivity contribution in [2.75, 3.05) is 19.9 Å². The first-order valence-electron chi connectivity index (χ1n) is 5.85. The number of hydrogen-bond donors (Lipinski definition) is 2. The highest BCUT2D eigenvalue weighted by Gasteiger charge is 2.24. The lowest BCUT2D eigenvalue weighted by atomic mass is 10.1. The van der Waals surface area contributed by atoms with Crippen LogP contribution in [0.5, 0.6) is 5.75 Å². The predicted octanol–water partition coefficient (Wildman–Crippen LogP) is 1.40. The van der Waals surface area contributed by atoms with E-state index >= 15 is 0 Å². The molecule has 0 aliphatic carbocycles. The summed E-state index contributed by atoms with van der Waals surface area (Å²) in [7, 11) is 1.43. The number of nitrogens with two attached hydrogens (primary N) is 1. The maximum absolute atomic E-state index is 12.1. The van der Waals surface area contributed by atoms with Gasteiger partial charge in [0.1, 0.15) is 11.3 Å². The standard InChI is InChI=1S/C12H17N3O4S/c1-7(6-13)14-12(16)8-4-11(20-3)10(19-2)5-9(8)15(17)18/h4-5,7H,6,13H2,1-3H3,(H,14,16)/t7-/m0/s1. The average Bonchev–Trinajstić information content (AvgIpc) is 2.45. The van der Waals surface area contributed by atoms with Crippen molar-refractivity contribution in [1.29, 1.82) is 0 Å². The Morgan fingerprint density at radius 1 is 1.60 bits per heavy atom. The number of ether oxygens (including phenoxy) is 1. The van der Waals surface area contributed by atoms with Crippen LogP contribution in [0.15, 0.2) is 17.0 Å². The Labute approximate surface area is 121 Å². The van der Waals surface area contributed by atoms with Gasteiger partial charge in [0.05, 0.1) is 23.0 Å². The Morgan fingerprint density at radius 3 is 2.70 bits per heavy atom. The van der Waals surface area contributed by atoms with E-state index in [1.807, 2.05) is 0 Å². The van der Waals surface area contributed by atoms with Gasteiger partial charge in [-0.25, -0.2) is 0 Å². The van der Waals surface area contributed by atoms with Crippen molar-refractivity contribution < 1.29 is 14.5 Å². The zero-order valence-electron chi connectivity index (χ0n) is 11.5. The van der Waals surface area contributed by atoms with E-state index in [1.54, 1.807) is 13.2 Å². The molecular formula is C12H17N3O4S. The first-order valence-corrected chi connectivity index (χ1v) is 7.08. The number of nitrogens with zero attached hydrogens (tertiary/aromatic N) is 1. The summed E-state index contributed by atoms with van der Waals surface area (Å²) in [6, 6.07) is 2.45. The summed E-state index contributed by atoms with van der Waals surface area (Å²) in [5, 5.41) is 13.7. The Balaban J connectivity index is 3.28. The van der Waals surface area contributed by atoms with Crippen LogP contribution in [0.2, 0.25) is 0 Å². The van der Waals surface area contributed by atoms with Crippen LogP contribution < -0.4 is 15.8 Å². The van der Waals surface area contributed by atoms with E-state index in [2.05, 4.69) is 5.32 Å². The van der Waals surface area contributed by atoms with Crippen molar-refractivity contribution in [3.8, 4) is 5.75 Å². The molecule has 110 valence electrons. The van der Waals surface area contributed by atoms with Crippen molar-refractivity contribution in [2.45, 2.75) is 17.9 Å². The third-order valence-corrected chi connectivity index (χ3v) is 3.43. The number of methoxy groups -OCH3 is 1. The highest BCUT2D eigenvalue weighted by Crippen LogP contribution is 2.34. The molecule has 0 spiro atoms. The van der Waals surface area contributed by atoms with Crippen molar-refractivity contribution in [3.63, 3.8) is 0 Å². The normalized spacial score (nSPS) is 11.8. The minimum atomic E-state index is -0.603. The van der Waals surface area contributed by atoms with Crippen LogP contribution in [-0.4, -0.2) is 36.8 Å². The molecule has 0 saturated heterocycles. The molecule has 0 heterocycles. The summed E-state index contributed by atoms with van der Waals surface area (Å²) >= 11 is 1.34. The van der Waals surface area contributed by atoms with E-state index in [9.17, 15) is 14.9 Å². The summed E-state index contributed by atoms with van der Waals surface area (Å²) in [5.74, 6) is -0.153. The van der Waals surface area contributed by atoms with Gasteiger partial charge in [0.2, 0.25) is 0 Å². The smallest absolute Gasteiger partial charge is 0.285 e. The molecule has 1 amide bonds. The van der Waals surface area contributed by atoms with Crippen LogP contribution in [0.4, 0.5) is 5.69 Å². The molecule has 3 N–H and O–H groups in total. The highest BCUT2D eigenvalue weighted by molar-refractivity contribution is 7.98. The van der Waals surface area contributed by atoms with E-state index in [1.165, 1.54) is 31.0 Å². The third kappa shape index (κ3) is 3.61. The number of carbonyl (C=O) groups is 1. The first-order chi connectivity index (χ1) is 9.44. The van der Waals surface area contributed by atoms with Crippen molar-refractivity contribution in [1.82, 2.24) is 5.32 Å². The second-order valence-electron chi connectivity index (χ2n) is 4.09. The van der Waals surface area contributed by atoms with Crippen molar-refractivity contribution >= 4 is 23.4 Å². The molecule has 1 rings (SSSR count). The van der Waals surface area contributed by atoms with E-state index in [4.69, 9.17) is 10.5 Å². The average molecular weight is 299 g/mol. The summed E-state index contributed by atoms with van der Waals surface area (Å²) < 4.78 is 5.09. The lowest BCUT2D eigenvalue weighted by Gasteiger charge is -2.13. The maximum atomic E-state index is 12.1. The van der Waals surface area contributed by atoms with Crippen molar-refractivity contribution in [3.05, 3.63) is 27.8 Å². The van der Waals surface area contributed by atoms with Gasteiger partial charge in [-0.15, -0.1) is 11.8 Å². The van der Waals surface area contributed by atoms with E-state index in [-0.39, 0.29) is 23.8 Å². The largest absolute Gasteiger partial charge is 0.495 e. The van der Waals surface area contributed by atoms with Crippen molar-refractivity contribution in [2.24, 2.45) is 5.73 Å². The molecule has 0 fully saturated rings. The van der Waals surface area contributed by atoms with Gasteiger partial charge in [0.25, 0.3) is 11.6 Å².